The van der Waals surface area contributed by atoms with Gasteiger partial charge in [0, 0.05) is 72.5 Å². The van der Waals surface area contributed by atoms with Crippen LogP contribution in [-0.2, 0) is 53.6 Å². The van der Waals surface area contributed by atoms with Crippen molar-refractivity contribution < 1.29 is 30.2 Å². The second-order valence-corrected chi connectivity index (χ2v) is 30.9. The summed E-state index contributed by atoms with van der Waals surface area (Å²) in [5.41, 5.74) is 20.5. The van der Waals surface area contributed by atoms with Crippen LogP contribution in [0, 0.1) is 24.6 Å². The number of nitrogens with zero attached hydrogens (tertiary/aromatic N) is 4. The van der Waals surface area contributed by atoms with Crippen LogP contribution in [0.25, 0.3) is 72.1 Å². The normalized spacial score (nSPS) is 13.3. The summed E-state index contributed by atoms with van der Waals surface area (Å²) in [4.78, 5) is 9.62. The van der Waals surface area contributed by atoms with E-state index in [9.17, 15) is 0 Å². The first-order chi connectivity index (χ1) is 42.3. The molecule has 11 aromatic rings. The van der Waals surface area contributed by atoms with Crippen LogP contribution in [0.5, 0.6) is 11.5 Å². The number of benzene rings is 9. The van der Waals surface area contributed by atoms with Crippen LogP contribution in [0.3, 0.4) is 0 Å². The largest absolute Gasteiger partial charge is 0.509 e. The topological polar surface area (TPSA) is 33.5 Å². The molecule has 468 valence electrons. The minimum absolute atomic E-state index is 0. The third-order valence-corrected chi connectivity index (χ3v) is 17.8. The first kappa shape index (κ1) is 64.5. The summed E-state index contributed by atoms with van der Waals surface area (Å²) in [7, 11) is 0. The molecule has 91 heavy (non-hydrogen) atoms. The van der Waals surface area contributed by atoms with Gasteiger partial charge in [-0.1, -0.05) is 233 Å². The Hall–Kier alpha value is -8.05. The second-order valence-electron chi connectivity index (χ2n) is 30.9. The van der Waals surface area contributed by atoms with Crippen LogP contribution in [-0.4, -0.2) is 9.55 Å². The van der Waals surface area contributed by atoms with E-state index in [1.807, 2.05) is 24.4 Å². The summed E-state index contributed by atoms with van der Waals surface area (Å²) in [5, 5.41) is 2.17. The number of para-hydroxylation sites is 3. The molecule has 2 aromatic heterocycles. The van der Waals surface area contributed by atoms with Crippen molar-refractivity contribution in [1.82, 2.24) is 9.55 Å². The van der Waals surface area contributed by atoms with Crippen LogP contribution < -0.4 is 14.5 Å². The van der Waals surface area contributed by atoms with Crippen molar-refractivity contribution >= 4 is 44.6 Å². The molecule has 0 saturated heterocycles. The molecule has 3 heterocycles. The van der Waals surface area contributed by atoms with Gasteiger partial charge < -0.3 is 19.1 Å². The third kappa shape index (κ3) is 12.7. The molecule has 0 N–H and O–H groups in total. The minimum atomic E-state index is -0.287. The van der Waals surface area contributed by atoms with E-state index in [0.29, 0.717) is 11.5 Å². The van der Waals surface area contributed by atoms with Crippen molar-refractivity contribution in [3.8, 4) is 61.8 Å². The van der Waals surface area contributed by atoms with E-state index in [4.69, 9.17) is 9.72 Å². The van der Waals surface area contributed by atoms with Gasteiger partial charge in [0.2, 0.25) is 0 Å². The molecule has 7 heteroatoms. The Morgan fingerprint density at radius 1 is 0.418 bits per heavy atom. The van der Waals surface area contributed by atoms with Crippen molar-refractivity contribution in [3.63, 3.8) is 0 Å². The molecular weight excluding hydrogens is 1300 g/mol. The summed E-state index contributed by atoms with van der Waals surface area (Å²) in [6, 6.07) is 72.1. The van der Waals surface area contributed by atoms with E-state index in [-0.39, 0.29) is 59.4 Å². The van der Waals surface area contributed by atoms with Gasteiger partial charge in [0.05, 0.1) is 0 Å². The zero-order valence-electron chi connectivity index (χ0n) is 56.4. The number of hydrogen-bond acceptors (Lipinski definition) is 4. The van der Waals surface area contributed by atoms with Crippen molar-refractivity contribution in [2.45, 2.75) is 157 Å². The van der Waals surface area contributed by atoms with E-state index in [1.165, 1.54) is 38.9 Å². The van der Waals surface area contributed by atoms with Crippen LogP contribution in [0.2, 0.25) is 0 Å². The van der Waals surface area contributed by atoms with Gasteiger partial charge in [-0.25, -0.2) is 9.37 Å². The maximum Gasteiger partial charge on any atom is 0.135 e. The van der Waals surface area contributed by atoms with Gasteiger partial charge >= 0.3 is 0 Å². The third-order valence-electron chi connectivity index (χ3n) is 17.8. The molecule has 0 bridgehead atoms. The maximum absolute atomic E-state index is 15.2. The Bertz CT molecular complexity index is 4480. The molecule has 5 nitrogen and oxygen atoms in total. The monoisotopic (exact) mass is 1380 g/mol. The number of aromatic nitrogens is 2. The number of hydrogen-bond donors (Lipinski definition) is 0. The average Bonchev–Trinajstić information content (AvgIpc) is 1.74. The van der Waals surface area contributed by atoms with E-state index in [1.54, 1.807) is 12.1 Å². The molecule has 0 atom stereocenters. The van der Waals surface area contributed by atoms with Crippen molar-refractivity contribution in [2.24, 2.45) is 0 Å². The summed E-state index contributed by atoms with van der Waals surface area (Å²) < 4.78 is 24.8. The van der Waals surface area contributed by atoms with E-state index < -0.39 is 0 Å². The van der Waals surface area contributed by atoms with Crippen molar-refractivity contribution in [2.75, 3.05) is 9.80 Å². The van der Waals surface area contributed by atoms with Crippen LogP contribution >= 0.6 is 0 Å². The number of pyridine rings is 1. The number of ether oxygens (including phenoxy) is 1. The smallest absolute Gasteiger partial charge is 0.135 e. The fraction of sp³-hybridized carbons (Fsp3) is 0.286. The Balaban J connectivity index is 0.00000850. The SMILES string of the molecule is CC(C)(C)c1cc(-c2cc(-c3ccccc3)cc(-c3ccc(F)cc3)c2N2[CH-]N(c3[c-]c(Oc4[c-]c5c(cc4)c4ccccc4n5-c4cc(C(C)(C)C)ccn4)cc(-c4c(C(C)(C)C)cc(C(C)(C)C)cc4C(C)(C)C)c3)c3ccccc32)cc(C(C)(C)C)c1.[Pt]. The van der Waals surface area contributed by atoms with Gasteiger partial charge in [0.1, 0.15) is 11.6 Å². The molecule has 1 aliphatic heterocycles. The van der Waals surface area contributed by atoms with E-state index in [2.05, 4.69) is 309 Å². The van der Waals surface area contributed by atoms with E-state index in [0.717, 1.165) is 89.3 Å². The molecule has 0 saturated carbocycles. The Kier molecular flexibility index (Phi) is 16.7. The summed E-state index contributed by atoms with van der Waals surface area (Å²) >= 11 is 0. The van der Waals surface area contributed by atoms with Crippen molar-refractivity contribution in [1.29, 1.82) is 0 Å². The Morgan fingerprint density at radius 2 is 0.967 bits per heavy atom. The van der Waals surface area contributed by atoms with Gasteiger partial charge in [0.25, 0.3) is 0 Å². The molecule has 0 fully saturated rings. The quantitative estimate of drug-likeness (QED) is 0.135. The average molecular weight is 1380 g/mol. The number of fused-ring (bicyclic) bond motifs is 4. The predicted octanol–water partition coefficient (Wildman–Crippen LogP) is 23.6. The van der Waals surface area contributed by atoms with Crippen LogP contribution in [0.1, 0.15) is 158 Å². The summed E-state index contributed by atoms with van der Waals surface area (Å²) in [6.45, 7) is 43.6. The standard InChI is InChI=1S/C84H86FN4O.Pt/c1-79(2,3)58-38-39-86-76(49-58)89-72-29-23-22-28-66(72)67-37-36-64(51-75(67)89)90-65-43-57(77-70(83(13,14)15)47-61(82(10,11)12)48-71(77)84(16,17)18)42-63(50-65)87-52-88(74-31-25-24-30-73(74)87)78-68(54-32-34-62(85)35-33-54)44-55(53-26-20-19-21-27-53)45-69(78)56-40-59(80(4,5)6)46-60(41-56)81(7,8)9;/h19-49,52H,1-18H3;/q-3;. The first-order valence-corrected chi connectivity index (χ1v) is 31.9. The van der Waals surface area contributed by atoms with Crippen LogP contribution in [0.4, 0.5) is 27.1 Å². The molecular formula is C84H86FN4OPt-3. The number of rotatable bonds is 9. The molecule has 9 aromatic carbocycles. The number of halogens is 1. The molecule has 0 aliphatic carbocycles. The van der Waals surface area contributed by atoms with Gasteiger partial charge in [-0.05, 0) is 154 Å². The molecule has 0 spiro atoms. The van der Waals surface area contributed by atoms with Gasteiger partial charge in [-0.2, -0.15) is 6.07 Å². The maximum atomic E-state index is 15.2. The summed E-state index contributed by atoms with van der Waals surface area (Å²) in [6.07, 6.45) is 1.91. The van der Waals surface area contributed by atoms with Crippen LogP contribution in [0.15, 0.2) is 188 Å². The fourth-order valence-corrected chi connectivity index (χ4v) is 12.6. The zero-order valence-corrected chi connectivity index (χ0v) is 58.6. The number of anilines is 4. The second kappa shape index (κ2) is 23.6. The van der Waals surface area contributed by atoms with Gasteiger partial charge in [0.15, 0.2) is 0 Å². The summed E-state index contributed by atoms with van der Waals surface area (Å²) in [5.74, 6) is 1.64. The van der Waals surface area contributed by atoms with Crippen molar-refractivity contribution in [3.05, 3.63) is 246 Å². The molecule has 0 amide bonds. The van der Waals surface area contributed by atoms with Gasteiger partial charge in [-0.3, -0.25) is 0 Å². The van der Waals surface area contributed by atoms with Gasteiger partial charge in [-0.15, -0.1) is 53.6 Å². The molecule has 0 radical (unpaired) electrons. The molecule has 0 unspecified atom stereocenters. The Morgan fingerprint density at radius 3 is 1.56 bits per heavy atom. The first-order valence-electron chi connectivity index (χ1n) is 31.9. The fourth-order valence-electron chi connectivity index (χ4n) is 12.6. The Labute approximate surface area is 555 Å². The minimum Gasteiger partial charge on any atom is -0.509 e. The predicted molar refractivity (Wildman–Crippen MR) is 378 cm³/mol. The molecule has 1 aliphatic rings. The van der Waals surface area contributed by atoms with E-state index >= 15 is 4.39 Å². The molecule has 12 rings (SSSR count). The zero-order chi connectivity index (χ0) is 64.2.